The van der Waals surface area contributed by atoms with E-state index < -0.39 is 11.0 Å². The lowest BCUT2D eigenvalue weighted by molar-refractivity contribution is -0.385. The Morgan fingerprint density at radius 3 is 2.43 bits per heavy atom. The molecule has 0 aliphatic heterocycles. The molecule has 1 unspecified atom stereocenters. The number of benzene rings is 1. The lowest BCUT2D eigenvalue weighted by Gasteiger charge is -2.14. The zero-order chi connectivity index (χ0) is 22.2. The number of nitro groups is 1. The fourth-order valence-electron chi connectivity index (χ4n) is 3.19. The molecular formula is C19H20Cl2N6O3. The first-order valence-electron chi connectivity index (χ1n) is 9.08. The lowest BCUT2D eigenvalue weighted by Crippen LogP contribution is -2.25. The molecule has 0 spiro atoms. The van der Waals surface area contributed by atoms with E-state index in [1.54, 1.807) is 43.7 Å². The zero-order valence-corrected chi connectivity index (χ0v) is 18.3. The van der Waals surface area contributed by atoms with Crippen LogP contribution in [0.15, 0.2) is 24.4 Å². The zero-order valence-electron chi connectivity index (χ0n) is 16.8. The molecule has 30 heavy (non-hydrogen) atoms. The number of hydrogen-bond donors (Lipinski definition) is 1. The van der Waals surface area contributed by atoms with Crippen LogP contribution in [0.1, 0.15) is 35.6 Å². The van der Waals surface area contributed by atoms with E-state index in [0.717, 1.165) is 17.5 Å². The molecular weight excluding hydrogens is 431 g/mol. The third kappa shape index (κ3) is 4.03. The molecule has 158 valence electrons. The van der Waals surface area contributed by atoms with Gasteiger partial charge in [-0.2, -0.15) is 10.2 Å². The Balaban J connectivity index is 1.84. The van der Waals surface area contributed by atoms with Gasteiger partial charge in [-0.25, -0.2) is 0 Å². The molecule has 0 fully saturated rings. The van der Waals surface area contributed by atoms with Gasteiger partial charge in [-0.05, 0) is 39.8 Å². The van der Waals surface area contributed by atoms with E-state index in [-0.39, 0.29) is 11.6 Å². The summed E-state index contributed by atoms with van der Waals surface area (Å²) in [6.07, 6.45) is 1.14. The number of halogens is 2. The molecule has 0 bridgehead atoms. The highest BCUT2D eigenvalue weighted by molar-refractivity contribution is 6.35. The van der Waals surface area contributed by atoms with Gasteiger partial charge in [-0.1, -0.05) is 29.3 Å². The molecule has 0 saturated carbocycles. The Labute approximate surface area is 182 Å². The summed E-state index contributed by atoms with van der Waals surface area (Å²) in [4.78, 5) is 23.3. The van der Waals surface area contributed by atoms with E-state index in [0.29, 0.717) is 33.7 Å². The van der Waals surface area contributed by atoms with Gasteiger partial charge in [0, 0.05) is 15.6 Å². The normalized spacial score (nSPS) is 12.1. The first-order chi connectivity index (χ1) is 14.1. The molecule has 3 rings (SSSR count). The molecule has 1 amide bonds. The van der Waals surface area contributed by atoms with Crippen LogP contribution >= 0.6 is 23.2 Å². The summed E-state index contributed by atoms with van der Waals surface area (Å²) < 4.78 is 3.04. The van der Waals surface area contributed by atoms with Crippen molar-refractivity contribution in [1.82, 2.24) is 19.6 Å². The van der Waals surface area contributed by atoms with Crippen LogP contribution in [0.3, 0.4) is 0 Å². The summed E-state index contributed by atoms with van der Waals surface area (Å²) >= 11 is 12.5. The molecule has 0 radical (unpaired) electrons. The number of amides is 1. The second-order valence-electron chi connectivity index (χ2n) is 6.89. The highest BCUT2D eigenvalue weighted by atomic mass is 35.5. The monoisotopic (exact) mass is 450 g/mol. The van der Waals surface area contributed by atoms with Crippen LogP contribution < -0.4 is 5.32 Å². The summed E-state index contributed by atoms with van der Waals surface area (Å²) in [5.74, 6) is -0.363. The van der Waals surface area contributed by atoms with E-state index in [9.17, 15) is 14.9 Å². The number of carbonyl (C=O) groups is 1. The number of hydrogen-bond acceptors (Lipinski definition) is 5. The van der Waals surface area contributed by atoms with Gasteiger partial charge < -0.3 is 5.32 Å². The minimum atomic E-state index is -0.751. The minimum absolute atomic E-state index is 0.133. The van der Waals surface area contributed by atoms with Crippen molar-refractivity contribution in [3.8, 4) is 0 Å². The molecule has 1 atom stereocenters. The number of aryl methyl sites for hydroxylation is 1. The van der Waals surface area contributed by atoms with Gasteiger partial charge in [0.05, 0.1) is 28.5 Å². The second kappa shape index (κ2) is 8.45. The summed E-state index contributed by atoms with van der Waals surface area (Å²) in [5.41, 5.74) is 2.82. The van der Waals surface area contributed by atoms with Gasteiger partial charge in [-0.3, -0.25) is 24.3 Å². The van der Waals surface area contributed by atoms with Crippen molar-refractivity contribution >= 4 is 40.5 Å². The Hall–Kier alpha value is -2.91. The minimum Gasteiger partial charge on any atom is -0.321 e. The van der Waals surface area contributed by atoms with Crippen molar-refractivity contribution in [1.29, 1.82) is 0 Å². The maximum Gasteiger partial charge on any atom is 0.309 e. The first kappa shape index (κ1) is 21.8. The average molecular weight is 451 g/mol. The Bertz CT molecular complexity index is 1120. The molecule has 9 nitrogen and oxygen atoms in total. The predicted octanol–water partition coefficient (Wildman–Crippen LogP) is 4.47. The van der Waals surface area contributed by atoms with Crippen LogP contribution in [-0.2, 0) is 11.3 Å². The van der Waals surface area contributed by atoms with Gasteiger partial charge in [0.15, 0.2) is 0 Å². The van der Waals surface area contributed by atoms with Crippen molar-refractivity contribution in [3.05, 3.63) is 67.2 Å². The maximum atomic E-state index is 12.8. The van der Waals surface area contributed by atoms with Gasteiger partial charge in [0.1, 0.15) is 17.9 Å². The van der Waals surface area contributed by atoms with Crippen molar-refractivity contribution < 1.29 is 9.72 Å². The lowest BCUT2D eigenvalue weighted by atomic mass is 10.2. The van der Waals surface area contributed by atoms with Crippen molar-refractivity contribution in [2.75, 3.05) is 5.32 Å². The number of nitrogens with one attached hydrogen (secondary N) is 1. The van der Waals surface area contributed by atoms with E-state index in [1.807, 2.05) is 6.92 Å². The second-order valence-corrected chi connectivity index (χ2v) is 7.70. The van der Waals surface area contributed by atoms with Crippen LogP contribution in [0.2, 0.25) is 10.0 Å². The molecule has 2 aromatic heterocycles. The highest BCUT2D eigenvalue weighted by Crippen LogP contribution is 2.28. The standard InChI is InChI=1S/C19H20Cl2N6O3/c1-10-18(12(3)25(24-10)9-14-15(20)6-5-7-16(14)21)23-19(28)13(4)26-11(2)17(8-22-26)27(29)30/h5-8,13H,9H2,1-4H3,(H,23,28). The molecule has 11 heteroatoms. The summed E-state index contributed by atoms with van der Waals surface area (Å²) in [7, 11) is 0. The number of nitrogens with zero attached hydrogens (tertiary/aromatic N) is 5. The van der Waals surface area contributed by atoms with E-state index in [2.05, 4.69) is 15.5 Å². The van der Waals surface area contributed by atoms with Crippen LogP contribution in [-0.4, -0.2) is 30.4 Å². The van der Waals surface area contributed by atoms with Crippen molar-refractivity contribution in [2.45, 2.75) is 40.3 Å². The largest absolute Gasteiger partial charge is 0.321 e. The van der Waals surface area contributed by atoms with E-state index >= 15 is 0 Å². The maximum absolute atomic E-state index is 12.8. The predicted molar refractivity (Wildman–Crippen MR) is 114 cm³/mol. The molecule has 1 aromatic carbocycles. The summed E-state index contributed by atoms with van der Waals surface area (Å²) in [6.45, 7) is 7.13. The Morgan fingerprint density at radius 1 is 1.23 bits per heavy atom. The third-order valence-electron chi connectivity index (χ3n) is 4.96. The highest BCUT2D eigenvalue weighted by Gasteiger charge is 2.25. The number of carbonyl (C=O) groups excluding carboxylic acids is 1. The fourth-order valence-corrected chi connectivity index (χ4v) is 3.70. The van der Waals surface area contributed by atoms with E-state index in [4.69, 9.17) is 23.2 Å². The summed E-state index contributed by atoms with van der Waals surface area (Å²) in [5, 5.41) is 23.4. The molecule has 0 aliphatic carbocycles. The molecule has 2 heterocycles. The topological polar surface area (TPSA) is 108 Å². The number of aromatic nitrogens is 4. The van der Waals surface area contributed by atoms with E-state index in [1.165, 1.54) is 4.68 Å². The fraction of sp³-hybridized carbons (Fsp3) is 0.316. The quantitative estimate of drug-likeness (QED) is 0.440. The molecule has 0 aliphatic rings. The average Bonchev–Trinajstić information content (AvgIpc) is 3.19. The van der Waals surface area contributed by atoms with Crippen LogP contribution in [0.4, 0.5) is 11.4 Å². The molecule has 3 aromatic rings. The molecule has 1 N–H and O–H groups in total. The van der Waals surface area contributed by atoms with Gasteiger partial charge >= 0.3 is 5.69 Å². The van der Waals surface area contributed by atoms with Crippen LogP contribution in [0, 0.1) is 30.9 Å². The van der Waals surface area contributed by atoms with Crippen LogP contribution in [0.5, 0.6) is 0 Å². The van der Waals surface area contributed by atoms with Crippen LogP contribution in [0.25, 0.3) is 0 Å². The van der Waals surface area contributed by atoms with Crippen molar-refractivity contribution in [3.63, 3.8) is 0 Å². The Kier molecular flexibility index (Phi) is 6.14. The molecule has 0 saturated heterocycles. The Morgan fingerprint density at radius 2 is 1.87 bits per heavy atom. The summed E-state index contributed by atoms with van der Waals surface area (Å²) in [6, 6.07) is 4.53. The smallest absolute Gasteiger partial charge is 0.309 e. The van der Waals surface area contributed by atoms with Gasteiger partial charge in [0.25, 0.3) is 0 Å². The number of anilines is 1. The number of rotatable bonds is 6. The van der Waals surface area contributed by atoms with Gasteiger partial charge in [-0.15, -0.1) is 0 Å². The SMILES string of the molecule is Cc1nn(Cc2c(Cl)cccc2Cl)c(C)c1NC(=O)C(C)n1ncc([N+](=O)[O-])c1C. The van der Waals surface area contributed by atoms with Gasteiger partial charge in [0.2, 0.25) is 5.91 Å². The third-order valence-corrected chi connectivity index (χ3v) is 5.67. The van der Waals surface area contributed by atoms with Crippen molar-refractivity contribution in [2.24, 2.45) is 0 Å². The first-order valence-corrected chi connectivity index (χ1v) is 9.83.